The number of alkyl halides is 1. The lowest BCUT2D eigenvalue weighted by atomic mass is 10.0. The Kier molecular flexibility index (Phi) is 10.3. The topological polar surface area (TPSA) is 80.4 Å². The Morgan fingerprint density at radius 2 is 1.77 bits per heavy atom. The van der Waals surface area contributed by atoms with Crippen LogP contribution < -0.4 is 15.4 Å². The molecule has 40 heavy (non-hydrogen) atoms. The second-order valence-electron chi connectivity index (χ2n) is 9.73. The zero-order valence-corrected chi connectivity index (χ0v) is 25.1. The van der Waals surface area contributed by atoms with E-state index >= 15 is 4.39 Å². The van der Waals surface area contributed by atoms with Gasteiger partial charge in [-0.1, -0.05) is 48.9 Å². The number of para-hydroxylation sites is 1. The van der Waals surface area contributed by atoms with Crippen LogP contribution in [0.15, 0.2) is 24.3 Å². The standard InChI is InChI=1S/C22H20ClF2N5OS.C5H11N.C2H6/c1-31-22-28-19-13(20(29-22)30-8-3-2-5-11(24)10-30)9-14(23)16(17(19)25)12-6-4-7-15-18(12)27-21(26)32-15;1-6-4-2-3-5-6;1-2/h4,6-7,9,11H,2-3,5,8,10H2,1H3,(H2,26,27);2-5H2,1H3;1-2H3. The highest BCUT2D eigenvalue weighted by Crippen LogP contribution is 2.42. The molecule has 7 nitrogen and oxygen atoms in total. The van der Waals surface area contributed by atoms with E-state index < -0.39 is 12.0 Å². The number of nitrogen functional groups attached to an aromatic ring is 1. The first-order chi connectivity index (χ1) is 19.4. The summed E-state index contributed by atoms with van der Waals surface area (Å²) >= 11 is 7.94. The van der Waals surface area contributed by atoms with Gasteiger partial charge in [0.2, 0.25) is 0 Å². The van der Waals surface area contributed by atoms with Gasteiger partial charge in [-0.3, -0.25) is 0 Å². The number of rotatable bonds is 3. The largest absolute Gasteiger partial charge is 0.467 e. The van der Waals surface area contributed by atoms with E-state index in [-0.39, 0.29) is 28.7 Å². The van der Waals surface area contributed by atoms with Crippen LogP contribution in [0.2, 0.25) is 5.02 Å². The molecule has 0 saturated carbocycles. The van der Waals surface area contributed by atoms with E-state index in [1.54, 1.807) is 18.2 Å². The van der Waals surface area contributed by atoms with Gasteiger partial charge in [-0.15, -0.1) is 0 Å². The van der Waals surface area contributed by atoms with Crippen molar-refractivity contribution in [1.29, 1.82) is 0 Å². The van der Waals surface area contributed by atoms with E-state index in [4.69, 9.17) is 22.1 Å². The van der Waals surface area contributed by atoms with Crippen LogP contribution in [-0.2, 0) is 0 Å². The van der Waals surface area contributed by atoms with Crippen LogP contribution in [0, 0.1) is 5.82 Å². The molecule has 2 N–H and O–H groups in total. The number of halogens is 3. The van der Waals surface area contributed by atoms with Gasteiger partial charge in [0.15, 0.2) is 10.9 Å². The van der Waals surface area contributed by atoms with Crippen LogP contribution in [-0.4, -0.2) is 66.4 Å². The Hall–Kier alpha value is -2.82. The van der Waals surface area contributed by atoms with E-state index in [2.05, 4.69) is 26.9 Å². The van der Waals surface area contributed by atoms with E-state index in [1.165, 1.54) is 44.4 Å². The minimum absolute atomic E-state index is 0.00967. The Labute approximate surface area is 243 Å². The summed E-state index contributed by atoms with van der Waals surface area (Å²) in [5.41, 5.74) is 7.22. The zero-order chi connectivity index (χ0) is 28.8. The molecule has 1 unspecified atom stereocenters. The van der Waals surface area contributed by atoms with Crippen molar-refractivity contribution in [1.82, 2.24) is 19.9 Å². The molecule has 0 amide bonds. The lowest BCUT2D eigenvalue weighted by Gasteiger charge is -2.24. The molecule has 4 heterocycles. The van der Waals surface area contributed by atoms with Crippen LogP contribution in [0.1, 0.15) is 46.0 Å². The first-order valence-electron chi connectivity index (χ1n) is 13.8. The lowest BCUT2D eigenvalue weighted by Crippen LogP contribution is -2.30. The van der Waals surface area contributed by atoms with Crippen molar-refractivity contribution in [3.63, 3.8) is 0 Å². The minimum Gasteiger partial charge on any atom is -0.467 e. The van der Waals surface area contributed by atoms with Crippen molar-refractivity contribution in [2.45, 2.75) is 52.1 Å². The monoisotopic (exact) mass is 590 g/mol. The predicted molar refractivity (Wildman–Crippen MR) is 163 cm³/mol. The number of ether oxygens (including phenoxy) is 1. The number of hydrogen-bond acceptors (Lipinski definition) is 8. The van der Waals surface area contributed by atoms with Crippen LogP contribution in [0.5, 0.6) is 6.01 Å². The minimum atomic E-state index is -0.985. The molecule has 2 aromatic heterocycles. The first-order valence-corrected chi connectivity index (χ1v) is 15.0. The third kappa shape index (κ3) is 6.56. The summed E-state index contributed by atoms with van der Waals surface area (Å²) in [6, 6.07) is 7.07. The molecule has 6 rings (SSSR count). The van der Waals surface area contributed by atoms with Crippen molar-refractivity contribution in [3.05, 3.63) is 35.1 Å². The molecular formula is C29H37ClF2N6OS. The quantitative estimate of drug-likeness (QED) is 0.267. The van der Waals surface area contributed by atoms with Gasteiger partial charge in [-0.25, -0.2) is 13.8 Å². The number of thiazole rings is 1. The normalized spacial score (nSPS) is 17.7. The average Bonchev–Trinajstić information content (AvgIpc) is 3.53. The molecule has 1 atom stereocenters. The number of anilines is 2. The lowest BCUT2D eigenvalue weighted by molar-refractivity contribution is 0.323. The molecule has 2 fully saturated rings. The molecule has 2 aromatic carbocycles. The molecule has 2 saturated heterocycles. The number of hydrogen-bond donors (Lipinski definition) is 1. The Morgan fingerprint density at radius 1 is 1.05 bits per heavy atom. The number of aromatic nitrogens is 3. The molecule has 0 bridgehead atoms. The summed E-state index contributed by atoms with van der Waals surface area (Å²) in [7, 11) is 3.59. The van der Waals surface area contributed by atoms with E-state index in [0.717, 1.165) is 17.5 Å². The van der Waals surface area contributed by atoms with Gasteiger partial charge in [0.25, 0.3) is 0 Å². The SMILES string of the molecule is CC.CN1CCCC1.COc1nc(N2CCCCC(F)C2)c2cc(Cl)c(-c3cccc4sc(N)nc34)c(F)c2n1. The highest BCUT2D eigenvalue weighted by molar-refractivity contribution is 7.22. The van der Waals surface area contributed by atoms with Crippen molar-refractivity contribution in [2.24, 2.45) is 0 Å². The Bertz CT molecular complexity index is 1450. The van der Waals surface area contributed by atoms with Gasteiger partial charge < -0.3 is 20.3 Å². The fourth-order valence-corrected chi connectivity index (χ4v) is 6.12. The molecule has 0 aliphatic carbocycles. The summed E-state index contributed by atoms with van der Waals surface area (Å²) < 4.78 is 36.4. The Balaban J connectivity index is 0.000000404. The van der Waals surface area contributed by atoms with Crippen molar-refractivity contribution in [2.75, 3.05) is 51.0 Å². The van der Waals surface area contributed by atoms with Crippen molar-refractivity contribution in [3.8, 4) is 17.1 Å². The Morgan fingerprint density at radius 3 is 2.45 bits per heavy atom. The van der Waals surface area contributed by atoms with E-state index in [1.807, 2.05) is 24.8 Å². The fraction of sp³-hybridized carbons (Fsp3) is 0.483. The molecule has 4 aromatic rings. The highest BCUT2D eigenvalue weighted by atomic mass is 35.5. The molecule has 0 radical (unpaired) electrons. The van der Waals surface area contributed by atoms with Gasteiger partial charge in [0.1, 0.15) is 17.5 Å². The number of methoxy groups -OCH3 is 1. The smallest absolute Gasteiger partial charge is 0.318 e. The van der Waals surface area contributed by atoms with Crippen LogP contribution >= 0.6 is 22.9 Å². The van der Waals surface area contributed by atoms with Gasteiger partial charge in [0.05, 0.1) is 28.9 Å². The van der Waals surface area contributed by atoms with E-state index in [0.29, 0.717) is 40.4 Å². The maximum atomic E-state index is 16.0. The van der Waals surface area contributed by atoms with Crippen LogP contribution in [0.3, 0.4) is 0 Å². The molecule has 2 aliphatic rings. The van der Waals surface area contributed by atoms with Gasteiger partial charge in [-0.05, 0) is 64.4 Å². The maximum absolute atomic E-state index is 16.0. The first kappa shape index (κ1) is 30.1. The third-order valence-corrected chi connectivity index (χ3v) is 8.12. The van der Waals surface area contributed by atoms with Crippen molar-refractivity contribution >= 4 is 55.0 Å². The van der Waals surface area contributed by atoms with E-state index in [9.17, 15) is 4.39 Å². The summed E-state index contributed by atoms with van der Waals surface area (Å²) in [6.45, 7) is 7.42. The summed E-state index contributed by atoms with van der Waals surface area (Å²) in [6.07, 6.45) is 3.94. The molecule has 11 heteroatoms. The molecular weight excluding hydrogens is 554 g/mol. The predicted octanol–water partition coefficient (Wildman–Crippen LogP) is 7.36. The maximum Gasteiger partial charge on any atom is 0.318 e. The molecule has 216 valence electrons. The van der Waals surface area contributed by atoms with Gasteiger partial charge >= 0.3 is 6.01 Å². The van der Waals surface area contributed by atoms with Crippen LogP contribution in [0.4, 0.5) is 19.7 Å². The fourth-order valence-electron chi connectivity index (χ4n) is 5.06. The number of nitrogens with zero attached hydrogens (tertiary/aromatic N) is 5. The van der Waals surface area contributed by atoms with Crippen LogP contribution in [0.25, 0.3) is 32.2 Å². The highest BCUT2D eigenvalue weighted by Gasteiger charge is 2.26. The number of likely N-dealkylation sites (tertiary alicyclic amines) is 1. The number of benzene rings is 2. The zero-order valence-electron chi connectivity index (χ0n) is 23.5. The third-order valence-electron chi connectivity index (χ3n) is 6.97. The molecule has 0 spiro atoms. The second-order valence-corrected chi connectivity index (χ2v) is 11.2. The summed E-state index contributed by atoms with van der Waals surface area (Å²) in [4.78, 5) is 17.2. The molecule has 2 aliphatic heterocycles. The second kappa shape index (κ2) is 13.7. The average molecular weight is 591 g/mol. The van der Waals surface area contributed by atoms with Gasteiger partial charge in [0, 0.05) is 23.1 Å². The number of fused-ring (bicyclic) bond motifs is 2. The summed E-state index contributed by atoms with van der Waals surface area (Å²) in [5, 5.41) is 0.991. The van der Waals surface area contributed by atoms with Gasteiger partial charge in [-0.2, -0.15) is 9.97 Å². The number of nitrogens with two attached hydrogens (primary N) is 1. The van der Waals surface area contributed by atoms with Crippen molar-refractivity contribution < 1.29 is 13.5 Å². The summed E-state index contributed by atoms with van der Waals surface area (Å²) in [5.74, 6) is -0.194.